The Kier molecular flexibility index (Phi) is 7.92. The number of nitrogens with two attached hydrogens (primary N) is 1. The smallest absolute Gasteiger partial charge is 0.161 e. The van der Waals surface area contributed by atoms with Gasteiger partial charge in [0.1, 0.15) is 5.84 Å². The van der Waals surface area contributed by atoms with Crippen molar-refractivity contribution in [1.29, 1.82) is 0 Å². The van der Waals surface area contributed by atoms with Crippen LogP contribution in [0.4, 0.5) is 0 Å². The van der Waals surface area contributed by atoms with Crippen LogP contribution in [0.25, 0.3) is 6.08 Å². The largest absolute Gasteiger partial charge is 0.493 e. The highest BCUT2D eigenvalue weighted by molar-refractivity contribution is 6.42. The third kappa shape index (κ3) is 5.06. The van der Waals surface area contributed by atoms with Gasteiger partial charge in [-0.25, -0.2) is 4.99 Å². The van der Waals surface area contributed by atoms with Gasteiger partial charge in [0.05, 0.1) is 24.3 Å². The van der Waals surface area contributed by atoms with Crippen molar-refractivity contribution in [2.24, 2.45) is 10.7 Å². The molecule has 24 heavy (non-hydrogen) atoms. The van der Waals surface area contributed by atoms with Crippen molar-refractivity contribution in [1.82, 2.24) is 0 Å². The van der Waals surface area contributed by atoms with Crippen LogP contribution in [0.1, 0.15) is 11.1 Å². The van der Waals surface area contributed by atoms with Gasteiger partial charge in [-0.05, 0) is 42.0 Å². The average Bonchev–Trinajstić information content (AvgIpc) is 2.57. The van der Waals surface area contributed by atoms with Gasteiger partial charge in [0, 0.05) is 11.8 Å². The summed E-state index contributed by atoms with van der Waals surface area (Å²) in [4.78, 5) is 4.21. The van der Waals surface area contributed by atoms with Crippen molar-refractivity contribution < 1.29 is 9.47 Å². The first-order valence-corrected chi connectivity index (χ1v) is 7.48. The van der Waals surface area contributed by atoms with Crippen molar-refractivity contribution >= 4 is 47.5 Å². The predicted molar refractivity (Wildman–Crippen MR) is 103 cm³/mol. The van der Waals surface area contributed by atoms with Gasteiger partial charge in [-0.2, -0.15) is 0 Å². The molecule has 0 aromatic heterocycles. The molecule has 2 aromatic rings. The maximum atomic E-state index is 5.98. The Labute approximate surface area is 157 Å². The number of halogens is 3. The molecule has 0 spiro atoms. The number of aliphatic imine (C=N–C) groups is 1. The molecule has 0 aliphatic heterocycles. The van der Waals surface area contributed by atoms with Gasteiger partial charge in [0.25, 0.3) is 0 Å². The normalized spacial score (nSPS) is 11.2. The number of nitrogens with zero attached hydrogens (tertiary/aromatic N) is 1. The molecule has 2 rings (SSSR count). The quantitative estimate of drug-likeness (QED) is 0.592. The Balaban J connectivity index is 0.00000288. The highest BCUT2D eigenvalue weighted by Crippen LogP contribution is 2.27. The number of amidine groups is 1. The van der Waals surface area contributed by atoms with Gasteiger partial charge in [0.2, 0.25) is 0 Å². The minimum absolute atomic E-state index is 0. The van der Waals surface area contributed by atoms with Crippen LogP contribution >= 0.6 is 35.6 Å². The van der Waals surface area contributed by atoms with E-state index < -0.39 is 0 Å². The summed E-state index contributed by atoms with van der Waals surface area (Å²) in [7, 11) is 3.15. The summed E-state index contributed by atoms with van der Waals surface area (Å²) < 4.78 is 10.4. The van der Waals surface area contributed by atoms with Crippen LogP contribution in [0.5, 0.6) is 11.5 Å². The fraction of sp³-hybridized carbons (Fsp3) is 0.118. The maximum Gasteiger partial charge on any atom is 0.161 e. The van der Waals surface area contributed by atoms with E-state index in [0.717, 1.165) is 11.1 Å². The van der Waals surface area contributed by atoms with E-state index >= 15 is 0 Å². The fourth-order valence-corrected chi connectivity index (χ4v) is 2.20. The van der Waals surface area contributed by atoms with Crippen molar-refractivity contribution in [3.63, 3.8) is 0 Å². The summed E-state index contributed by atoms with van der Waals surface area (Å²) in [6, 6.07) is 10.7. The van der Waals surface area contributed by atoms with Crippen LogP contribution in [-0.4, -0.2) is 20.1 Å². The lowest BCUT2D eigenvalue weighted by molar-refractivity contribution is 0.355. The molecule has 4 nitrogen and oxygen atoms in total. The monoisotopic (exact) mass is 386 g/mol. The number of hydrogen-bond donors (Lipinski definition) is 1. The molecule has 0 unspecified atom stereocenters. The zero-order chi connectivity index (χ0) is 16.8. The van der Waals surface area contributed by atoms with Crippen LogP contribution in [0.3, 0.4) is 0 Å². The predicted octanol–water partition coefficient (Wildman–Crippen LogP) is 4.81. The summed E-state index contributed by atoms with van der Waals surface area (Å²) in [6.45, 7) is 0. The Morgan fingerprint density at radius 2 is 1.71 bits per heavy atom. The molecule has 0 fully saturated rings. The number of hydrogen-bond acceptors (Lipinski definition) is 3. The number of benzene rings is 2. The van der Waals surface area contributed by atoms with Gasteiger partial charge < -0.3 is 15.2 Å². The van der Waals surface area contributed by atoms with E-state index in [1.807, 2.05) is 12.1 Å². The van der Waals surface area contributed by atoms with E-state index in [-0.39, 0.29) is 12.4 Å². The van der Waals surface area contributed by atoms with Crippen LogP contribution in [-0.2, 0) is 0 Å². The first-order valence-electron chi connectivity index (χ1n) is 6.72. The minimum atomic E-state index is 0. The van der Waals surface area contributed by atoms with E-state index in [2.05, 4.69) is 4.99 Å². The summed E-state index contributed by atoms with van der Waals surface area (Å²) in [5.41, 5.74) is 7.60. The second-order valence-electron chi connectivity index (χ2n) is 4.57. The molecular formula is C17H17Cl3N2O2. The van der Waals surface area contributed by atoms with E-state index in [0.29, 0.717) is 27.4 Å². The number of ether oxygens (including phenoxy) is 2. The highest BCUT2D eigenvalue weighted by Gasteiger charge is 2.06. The molecule has 128 valence electrons. The van der Waals surface area contributed by atoms with Gasteiger partial charge in [-0.15, -0.1) is 12.4 Å². The van der Waals surface area contributed by atoms with Crippen LogP contribution < -0.4 is 15.2 Å². The molecular weight excluding hydrogens is 371 g/mol. The first kappa shape index (κ1) is 20.2. The van der Waals surface area contributed by atoms with Crippen LogP contribution in [0.2, 0.25) is 10.0 Å². The van der Waals surface area contributed by atoms with Gasteiger partial charge in [-0.3, -0.25) is 0 Å². The number of rotatable bonds is 5. The van der Waals surface area contributed by atoms with Gasteiger partial charge in [-0.1, -0.05) is 29.3 Å². The fourth-order valence-electron chi connectivity index (χ4n) is 1.89. The van der Waals surface area contributed by atoms with Crippen molar-refractivity contribution in [2.75, 3.05) is 14.2 Å². The van der Waals surface area contributed by atoms with E-state index in [1.165, 1.54) is 0 Å². The van der Waals surface area contributed by atoms with Gasteiger partial charge >= 0.3 is 0 Å². The molecule has 2 aromatic carbocycles. The molecule has 0 radical (unpaired) electrons. The molecule has 0 aliphatic carbocycles. The topological polar surface area (TPSA) is 56.8 Å². The van der Waals surface area contributed by atoms with Crippen molar-refractivity contribution in [3.8, 4) is 11.5 Å². The van der Waals surface area contributed by atoms with Crippen LogP contribution in [0, 0.1) is 0 Å². The van der Waals surface area contributed by atoms with Gasteiger partial charge in [0.15, 0.2) is 11.5 Å². The lowest BCUT2D eigenvalue weighted by Gasteiger charge is -2.08. The van der Waals surface area contributed by atoms with Crippen molar-refractivity contribution in [2.45, 2.75) is 0 Å². The molecule has 0 saturated heterocycles. The molecule has 0 bridgehead atoms. The first-order chi connectivity index (χ1) is 11.0. The molecule has 0 heterocycles. The standard InChI is InChI=1S/C17H16Cl2N2O2.ClH/c1-22-15-6-4-12(10-16(15)23-2)17(20)21-8-7-11-3-5-13(18)14(19)9-11;/h3-10H,1-2H3,(H2,20,21);1H/b8-7+;. The SMILES string of the molecule is COc1ccc(C(N)=N/C=C/c2ccc(Cl)c(Cl)c2)cc1OC.Cl. The Morgan fingerprint density at radius 1 is 1.00 bits per heavy atom. The third-order valence-corrected chi connectivity index (χ3v) is 3.84. The highest BCUT2D eigenvalue weighted by atomic mass is 35.5. The molecule has 0 amide bonds. The average molecular weight is 388 g/mol. The minimum Gasteiger partial charge on any atom is -0.493 e. The Morgan fingerprint density at radius 3 is 2.33 bits per heavy atom. The Bertz CT molecular complexity index is 761. The Hall–Kier alpha value is -1.88. The molecule has 2 N–H and O–H groups in total. The van der Waals surface area contributed by atoms with Crippen LogP contribution in [0.15, 0.2) is 47.6 Å². The second-order valence-corrected chi connectivity index (χ2v) is 5.39. The molecule has 0 atom stereocenters. The lowest BCUT2D eigenvalue weighted by Crippen LogP contribution is -2.12. The maximum absolute atomic E-state index is 5.98. The molecule has 7 heteroatoms. The van der Waals surface area contributed by atoms with E-state index in [1.54, 1.807) is 50.8 Å². The zero-order valence-electron chi connectivity index (χ0n) is 13.1. The summed E-state index contributed by atoms with van der Waals surface area (Å²) in [5, 5.41) is 1.00. The number of methoxy groups -OCH3 is 2. The lowest BCUT2D eigenvalue weighted by atomic mass is 10.2. The van der Waals surface area contributed by atoms with Crippen molar-refractivity contribution in [3.05, 3.63) is 63.8 Å². The van der Waals surface area contributed by atoms with E-state index in [9.17, 15) is 0 Å². The summed E-state index contributed by atoms with van der Waals surface area (Å²) in [6.07, 6.45) is 3.39. The second kappa shape index (κ2) is 9.42. The summed E-state index contributed by atoms with van der Waals surface area (Å²) in [5.74, 6) is 1.59. The third-order valence-electron chi connectivity index (χ3n) is 3.10. The molecule has 0 saturated carbocycles. The zero-order valence-corrected chi connectivity index (χ0v) is 15.5. The van der Waals surface area contributed by atoms with E-state index in [4.69, 9.17) is 38.4 Å². The molecule has 0 aliphatic rings. The summed E-state index contributed by atoms with van der Waals surface area (Å²) >= 11 is 11.8.